The maximum atomic E-state index is 12.7. The Labute approximate surface area is 162 Å². The first-order valence-corrected chi connectivity index (χ1v) is 9.78. The van der Waals surface area contributed by atoms with Gasteiger partial charge in [0.15, 0.2) is 6.23 Å². The van der Waals surface area contributed by atoms with Crippen LogP contribution in [0.2, 0.25) is 0 Å². The van der Waals surface area contributed by atoms with Crippen LogP contribution in [0.25, 0.3) is 0 Å². The molecule has 9 heteroatoms. The SMILES string of the molecule is CC(N[C@@H](C)C(=O)N1CCSCC1OC(=O)O)C(=O)OCc1ccccc1. The topological polar surface area (TPSA) is 105 Å². The molecule has 0 bridgehead atoms. The molecule has 1 saturated heterocycles. The molecule has 27 heavy (non-hydrogen) atoms. The fourth-order valence-electron chi connectivity index (χ4n) is 2.66. The summed E-state index contributed by atoms with van der Waals surface area (Å²) >= 11 is 1.52. The van der Waals surface area contributed by atoms with E-state index in [0.717, 1.165) is 5.56 Å². The Morgan fingerprint density at radius 3 is 2.63 bits per heavy atom. The lowest BCUT2D eigenvalue weighted by atomic mass is 10.2. The maximum absolute atomic E-state index is 12.7. The van der Waals surface area contributed by atoms with Crippen LogP contribution in [0, 0.1) is 0 Å². The lowest BCUT2D eigenvalue weighted by Crippen LogP contribution is -2.56. The molecule has 0 spiro atoms. The van der Waals surface area contributed by atoms with E-state index < -0.39 is 30.4 Å². The number of ether oxygens (including phenoxy) is 2. The number of benzene rings is 1. The van der Waals surface area contributed by atoms with Gasteiger partial charge in [-0.15, -0.1) is 0 Å². The summed E-state index contributed by atoms with van der Waals surface area (Å²) in [4.78, 5) is 37.0. The average Bonchev–Trinajstić information content (AvgIpc) is 2.66. The van der Waals surface area contributed by atoms with Gasteiger partial charge in [-0.2, -0.15) is 11.8 Å². The van der Waals surface area contributed by atoms with E-state index in [0.29, 0.717) is 18.1 Å². The Morgan fingerprint density at radius 2 is 1.96 bits per heavy atom. The highest BCUT2D eigenvalue weighted by molar-refractivity contribution is 7.99. The van der Waals surface area contributed by atoms with Crippen LogP contribution in [0.15, 0.2) is 30.3 Å². The van der Waals surface area contributed by atoms with E-state index in [4.69, 9.17) is 14.6 Å². The van der Waals surface area contributed by atoms with E-state index in [2.05, 4.69) is 5.32 Å². The minimum absolute atomic E-state index is 0.159. The predicted molar refractivity (Wildman–Crippen MR) is 100 cm³/mol. The third kappa shape index (κ3) is 6.44. The van der Waals surface area contributed by atoms with Crippen LogP contribution in [0.5, 0.6) is 0 Å². The van der Waals surface area contributed by atoms with Gasteiger partial charge >= 0.3 is 12.1 Å². The van der Waals surface area contributed by atoms with E-state index in [9.17, 15) is 14.4 Å². The minimum atomic E-state index is -1.42. The summed E-state index contributed by atoms with van der Waals surface area (Å²) in [6.45, 7) is 3.80. The fraction of sp³-hybridized carbons (Fsp3) is 0.500. The minimum Gasteiger partial charge on any atom is -0.460 e. The lowest BCUT2D eigenvalue weighted by molar-refractivity contribution is -0.148. The first-order chi connectivity index (χ1) is 12.9. The van der Waals surface area contributed by atoms with E-state index in [1.807, 2.05) is 30.3 Å². The van der Waals surface area contributed by atoms with Gasteiger partial charge in [-0.05, 0) is 19.4 Å². The Balaban J connectivity index is 1.86. The largest absolute Gasteiger partial charge is 0.507 e. The van der Waals surface area contributed by atoms with E-state index in [1.165, 1.54) is 16.7 Å². The molecule has 1 heterocycles. The molecular formula is C18H24N2O6S. The molecule has 1 fully saturated rings. The molecule has 1 aromatic rings. The van der Waals surface area contributed by atoms with Gasteiger partial charge in [-0.3, -0.25) is 14.9 Å². The summed E-state index contributed by atoms with van der Waals surface area (Å²) in [5.74, 6) is 0.307. The number of nitrogens with zero attached hydrogens (tertiary/aromatic N) is 1. The van der Waals surface area contributed by atoms with Crippen molar-refractivity contribution in [3.05, 3.63) is 35.9 Å². The fourth-order valence-corrected chi connectivity index (χ4v) is 3.61. The molecule has 3 atom stereocenters. The second kappa shape index (κ2) is 10.2. The van der Waals surface area contributed by atoms with Crippen LogP contribution in [-0.2, 0) is 25.7 Å². The van der Waals surface area contributed by atoms with Crippen molar-refractivity contribution in [3.63, 3.8) is 0 Å². The Morgan fingerprint density at radius 1 is 1.26 bits per heavy atom. The lowest BCUT2D eigenvalue weighted by Gasteiger charge is -2.35. The van der Waals surface area contributed by atoms with Crippen LogP contribution >= 0.6 is 11.8 Å². The molecule has 0 saturated carbocycles. The van der Waals surface area contributed by atoms with E-state index in [1.54, 1.807) is 13.8 Å². The van der Waals surface area contributed by atoms with Crippen molar-refractivity contribution >= 4 is 29.8 Å². The molecule has 1 aliphatic heterocycles. The van der Waals surface area contributed by atoms with Gasteiger partial charge in [0.1, 0.15) is 12.6 Å². The third-order valence-electron chi connectivity index (χ3n) is 4.05. The Kier molecular flexibility index (Phi) is 7.93. The van der Waals surface area contributed by atoms with E-state index in [-0.39, 0.29) is 12.5 Å². The number of hydrogen-bond acceptors (Lipinski definition) is 7. The number of hydrogen-bond donors (Lipinski definition) is 2. The van der Waals surface area contributed by atoms with Crippen LogP contribution < -0.4 is 5.32 Å². The molecule has 1 aliphatic rings. The molecular weight excluding hydrogens is 372 g/mol. The zero-order valence-electron chi connectivity index (χ0n) is 15.3. The van der Waals surface area contributed by atoms with Gasteiger partial charge in [0, 0.05) is 12.3 Å². The quantitative estimate of drug-likeness (QED) is 0.671. The number of nitrogens with one attached hydrogen (secondary N) is 1. The van der Waals surface area contributed by atoms with Crippen molar-refractivity contribution in [2.75, 3.05) is 18.1 Å². The summed E-state index contributed by atoms with van der Waals surface area (Å²) in [7, 11) is 0. The summed E-state index contributed by atoms with van der Waals surface area (Å²) in [5, 5.41) is 11.7. The first kappa shape index (κ1) is 21.0. The van der Waals surface area contributed by atoms with Crippen molar-refractivity contribution in [2.24, 2.45) is 0 Å². The normalized spacial score (nSPS) is 19.0. The molecule has 2 N–H and O–H groups in total. The second-order valence-electron chi connectivity index (χ2n) is 6.15. The first-order valence-electron chi connectivity index (χ1n) is 8.63. The molecule has 8 nitrogen and oxygen atoms in total. The maximum Gasteiger partial charge on any atom is 0.507 e. The molecule has 2 unspecified atom stereocenters. The highest BCUT2D eigenvalue weighted by atomic mass is 32.2. The zero-order valence-corrected chi connectivity index (χ0v) is 16.1. The highest BCUT2D eigenvalue weighted by Gasteiger charge is 2.33. The van der Waals surface area contributed by atoms with Gasteiger partial charge in [-0.1, -0.05) is 30.3 Å². The second-order valence-corrected chi connectivity index (χ2v) is 7.30. The summed E-state index contributed by atoms with van der Waals surface area (Å²) in [5.41, 5.74) is 0.877. The standard InChI is InChI=1S/C18H24N2O6S/c1-12(16(21)20-8-9-27-11-15(20)26-18(23)24)19-13(2)17(22)25-10-14-6-4-3-5-7-14/h3-7,12-13,15,19H,8-11H2,1-2H3,(H,23,24)/t12-,13?,15?/m0/s1. The van der Waals surface area contributed by atoms with Crippen LogP contribution in [0.1, 0.15) is 19.4 Å². The van der Waals surface area contributed by atoms with Crippen LogP contribution in [0.3, 0.4) is 0 Å². The van der Waals surface area contributed by atoms with Crippen molar-refractivity contribution in [2.45, 2.75) is 38.8 Å². The van der Waals surface area contributed by atoms with Gasteiger partial charge in [0.25, 0.3) is 0 Å². The number of rotatable bonds is 7. The van der Waals surface area contributed by atoms with Crippen molar-refractivity contribution in [1.29, 1.82) is 0 Å². The number of carbonyl (C=O) groups excluding carboxylic acids is 2. The highest BCUT2D eigenvalue weighted by Crippen LogP contribution is 2.18. The number of thioether (sulfide) groups is 1. The molecule has 2 rings (SSSR count). The Bertz CT molecular complexity index is 657. The molecule has 1 aromatic carbocycles. The molecule has 0 aliphatic carbocycles. The van der Waals surface area contributed by atoms with Gasteiger partial charge in [-0.25, -0.2) is 4.79 Å². The molecule has 1 amide bonds. The van der Waals surface area contributed by atoms with Crippen LogP contribution in [0.4, 0.5) is 4.79 Å². The van der Waals surface area contributed by atoms with Gasteiger partial charge in [0.05, 0.1) is 11.8 Å². The summed E-state index contributed by atoms with van der Waals surface area (Å²) in [6, 6.07) is 7.93. The van der Waals surface area contributed by atoms with Gasteiger partial charge in [0.2, 0.25) is 5.91 Å². The van der Waals surface area contributed by atoms with Crippen LogP contribution in [-0.4, -0.2) is 64.4 Å². The zero-order chi connectivity index (χ0) is 19.8. The predicted octanol–water partition coefficient (Wildman–Crippen LogP) is 1.69. The molecule has 0 radical (unpaired) electrons. The average molecular weight is 396 g/mol. The molecule has 0 aromatic heterocycles. The number of carboxylic acid groups (broad SMARTS) is 1. The van der Waals surface area contributed by atoms with Crippen molar-refractivity contribution in [1.82, 2.24) is 10.2 Å². The summed E-state index contributed by atoms with van der Waals surface area (Å²) in [6.07, 6.45) is -2.24. The number of esters is 1. The monoisotopic (exact) mass is 396 g/mol. The van der Waals surface area contributed by atoms with E-state index >= 15 is 0 Å². The third-order valence-corrected chi connectivity index (χ3v) is 5.04. The smallest absolute Gasteiger partial charge is 0.460 e. The summed E-state index contributed by atoms with van der Waals surface area (Å²) < 4.78 is 10.1. The number of amides is 1. The van der Waals surface area contributed by atoms with Crippen molar-refractivity contribution in [3.8, 4) is 0 Å². The Hall–Kier alpha value is -2.26. The molecule has 148 valence electrons. The van der Waals surface area contributed by atoms with Gasteiger partial charge < -0.3 is 19.5 Å². The number of carbonyl (C=O) groups is 3. The van der Waals surface area contributed by atoms with Crippen molar-refractivity contribution < 1.29 is 29.0 Å².